The molecule has 36 heteroatoms. The number of carbonyl (C=O) groups is 11. The Bertz CT molecular complexity index is 4030. The highest BCUT2D eigenvalue weighted by Gasteiger charge is 2.40. The second-order valence-corrected chi connectivity index (χ2v) is 28.6. The topological polar surface area (TPSA) is 516 Å². The predicted octanol–water partition coefficient (Wildman–Crippen LogP) is 1.23. The maximum atomic E-state index is 15.1. The molecule has 6 aromatic rings. The van der Waals surface area contributed by atoms with Gasteiger partial charge in [0, 0.05) is 75.8 Å². The summed E-state index contributed by atoms with van der Waals surface area (Å²) < 4.78 is 0. The van der Waals surface area contributed by atoms with E-state index in [0.717, 1.165) is 10.8 Å². The van der Waals surface area contributed by atoms with Gasteiger partial charge in [-0.15, -0.1) is 10.2 Å². The van der Waals surface area contributed by atoms with E-state index in [1.54, 1.807) is 43.3 Å². The lowest BCUT2D eigenvalue weighted by molar-refractivity contribution is -0.142. The van der Waals surface area contributed by atoms with Crippen molar-refractivity contribution in [3.05, 3.63) is 113 Å². The van der Waals surface area contributed by atoms with Crippen LogP contribution in [-0.4, -0.2) is 217 Å². The van der Waals surface area contributed by atoms with Gasteiger partial charge in [-0.2, -0.15) is 9.97 Å². The van der Waals surface area contributed by atoms with Gasteiger partial charge in [0.2, 0.25) is 88.8 Å². The molecule has 0 unspecified atom stereocenters. The van der Waals surface area contributed by atoms with Crippen LogP contribution in [0.15, 0.2) is 91.3 Å². The first kappa shape index (κ1) is 87.2. The van der Waals surface area contributed by atoms with Gasteiger partial charge in [-0.1, -0.05) is 100.0 Å². The predicted molar refractivity (Wildman–Crippen MR) is 418 cm³/mol. The number of H-pyrrole nitrogens is 2. The summed E-state index contributed by atoms with van der Waals surface area (Å²) in [6, 6.07) is 11.1. The van der Waals surface area contributed by atoms with E-state index in [1.807, 2.05) is 70.2 Å². The number of pyridine rings is 1. The summed E-state index contributed by atoms with van der Waals surface area (Å²) in [5.41, 5.74) is 13.2. The molecular formula is C75H108ClN23O12. The van der Waals surface area contributed by atoms with Crippen molar-refractivity contribution in [2.45, 2.75) is 198 Å². The molecule has 1 fully saturated rings. The molecule has 20 N–H and O–H groups in total. The molecule has 11 amide bonds. The Morgan fingerprint density at radius 2 is 1.05 bits per heavy atom. The number of amides is 11. The molecule has 3 aromatic heterocycles. The van der Waals surface area contributed by atoms with Gasteiger partial charge in [-0.05, 0) is 142 Å². The number of nitrogen functional groups attached to an aromatic ring is 2. The van der Waals surface area contributed by atoms with E-state index in [2.05, 4.69) is 104 Å². The molecule has 35 nitrogen and oxygen atoms in total. The molecule has 1 aliphatic heterocycles. The number of nitrogens with one attached hydrogen (secondary N) is 15. The van der Waals surface area contributed by atoms with Gasteiger partial charge in [0.1, 0.15) is 54.4 Å². The van der Waals surface area contributed by atoms with Crippen LogP contribution >= 0.6 is 11.6 Å². The lowest BCUT2D eigenvalue weighted by Crippen LogP contribution is -2.61. The highest BCUT2D eigenvalue weighted by atomic mass is 35.5. The highest BCUT2D eigenvalue weighted by molar-refractivity contribution is 6.30. The minimum atomic E-state index is -1.79. The van der Waals surface area contributed by atoms with E-state index in [-0.39, 0.29) is 120 Å². The van der Waals surface area contributed by atoms with Crippen LogP contribution in [0.4, 0.5) is 23.8 Å². The monoisotopic (exact) mass is 1560 g/mol. The second-order valence-electron chi connectivity index (χ2n) is 28.2. The molecule has 111 heavy (non-hydrogen) atoms. The van der Waals surface area contributed by atoms with E-state index in [1.165, 1.54) is 24.2 Å². The molecular weight excluding hydrogens is 1450 g/mol. The van der Waals surface area contributed by atoms with Crippen molar-refractivity contribution in [3.8, 4) is 0 Å². The van der Waals surface area contributed by atoms with Crippen LogP contribution in [0.3, 0.4) is 0 Å². The molecule has 602 valence electrons. The lowest BCUT2D eigenvalue weighted by atomic mass is 9.99. The molecule has 0 aliphatic carbocycles. The first-order valence-electron chi connectivity index (χ1n) is 37.8. The average molecular weight is 1560 g/mol. The first-order valence-corrected chi connectivity index (χ1v) is 38.2. The number of nitrogens with zero attached hydrogens (tertiary/aromatic N) is 6. The van der Waals surface area contributed by atoms with E-state index in [0.29, 0.717) is 73.3 Å². The summed E-state index contributed by atoms with van der Waals surface area (Å²) in [6.45, 7) is 11.1. The Morgan fingerprint density at radius 1 is 0.559 bits per heavy atom. The normalized spacial score (nSPS) is 14.8. The van der Waals surface area contributed by atoms with Crippen molar-refractivity contribution >= 4 is 111 Å². The number of aliphatic hydroxyl groups is 1. The third kappa shape index (κ3) is 29.7. The van der Waals surface area contributed by atoms with Gasteiger partial charge in [-0.3, -0.25) is 57.7 Å². The molecule has 1 aliphatic rings. The molecule has 0 spiro atoms. The van der Waals surface area contributed by atoms with Gasteiger partial charge in [0.15, 0.2) is 0 Å². The number of hydrogen-bond donors (Lipinski definition) is 18. The number of halogens is 1. The minimum Gasteiger partial charge on any atom is -0.394 e. The number of likely N-dealkylation sites (N-methyl/N-ethyl adjacent to an activating group) is 1. The Kier molecular flexibility index (Phi) is 35.5. The van der Waals surface area contributed by atoms with E-state index >= 15 is 9.59 Å². The van der Waals surface area contributed by atoms with Crippen molar-refractivity contribution in [3.63, 3.8) is 0 Å². The Labute approximate surface area is 649 Å². The Morgan fingerprint density at radius 3 is 1.59 bits per heavy atom. The van der Waals surface area contributed by atoms with Crippen molar-refractivity contribution in [1.29, 1.82) is 0 Å². The fourth-order valence-corrected chi connectivity index (χ4v) is 12.8. The Balaban J connectivity index is 1.13. The molecule has 4 heterocycles. The van der Waals surface area contributed by atoms with Crippen LogP contribution < -0.4 is 80.6 Å². The summed E-state index contributed by atoms with van der Waals surface area (Å²) in [4.78, 5) is 171. The summed E-state index contributed by atoms with van der Waals surface area (Å²) in [7, 11) is 0. The molecule has 3 aromatic carbocycles. The van der Waals surface area contributed by atoms with Crippen molar-refractivity contribution in [2.24, 2.45) is 5.92 Å². The fraction of sp³-hybridized carbons (Fsp3) is 0.520. The zero-order chi connectivity index (χ0) is 80.4. The number of aromatic amines is 2. The summed E-state index contributed by atoms with van der Waals surface area (Å²) in [5.74, 6) is -7.57. The summed E-state index contributed by atoms with van der Waals surface area (Å²) >= 11 is 6.26. The van der Waals surface area contributed by atoms with Gasteiger partial charge < -0.3 is 90.6 Å². The SMILES string of the molecule is CCNC(=O)CNC(=O)[C@H]1CCCN1C(=O)[C@H](CCCCNC(C)C)NC(=O)[C@H](CC(C)C)NC(=O)[C@H](CCCCNc1n[nH]c(N)n1)NC(=O)[C@H](CCCCNc1n[nH]c(N)n1)NC(=O)[C@H](CO)NC(=O)[C@@H](Cc1cccnc1)NC(=O)[C@H](Cc1ccc(Cl)cc1)NC(=O)[C@@H](Cc1ccc2ccccc2c1)NC(C)=O. The van der Waals surface area contributed by atoms with Crippen LogP contribution in [0.1, 0.15) is 135 Å². The molecule has 0 radical (unpaired) electrons. The maximum absolute atomic E-state index is 15.1. The lowest BCUT2D eigenvalue weighted by Gasteiger charge is -2.31. The van der Waals surface area contributed by atoms with Crippen molar-refractivity contribution in [1.82, 2.24) is 98.7 Å². The Hall–Kier alpha value is -11.1. The largest absolute Gasteiger partial charge is 0.394 e. The minimum absolute atomic E-state index is 0.0371. The third-order valence-electron chi connectivity index (χ3n) is 18.3. The van der Waals surface area contributed by atoms with Gasteiger partial charge in [-0.25, -0.2) is 10.2 Å². The number of rotatable bonds is 47. The van der Waals surface area contributed by atoms with E-state index in [4.69, 9.17) is 23.1 Å². The first-order chi connectivity index (χ1) is 53.2. The van der Waals surface area contributed by atoms with E-state index < -0.39 is 126 Å². The molecule has 0 saturated carbocycles. The third-order valence-corrected chi connectivity index (χ3v) is 18.5. The zero-order valence-corrected chi connectivity index (χ0v) is 64.5. The van der Waals surface area contributed by atoms with Gasteiger partial charge in [0.05, 0.1) is 13.2 Å². The van der Waals surface area contributed by atoms with Crippen LogP contribution in [0.25, 0.3) is 10.8 Å². The highest BCUT2D eigenvalue weighted by Crippen LogP contribution is 2.23. The number of nitrogens with two attached hydrogens (primary N) is 2. The maximum Gasteiger partial charge on any atom is 0.245 e. The van der Waals surface area contributed by atoms with Crippen molar-refractivity contribution < 1.29 is 57.8 Å². The zero-order valence-electron chi connectivity index (χ0n) is 63.7. The van der Waals surface area contributed by atoms with Crippen LogP contribution in [-0.2, 0) is 72.0 Å². The van der Waals surface area contributed by atoms with Gasteiger partial charge in [0.25, 0.3) is 0 Å². The number of likely N-dealkylation sites (tertiary alicyclic amines) is 1. The number of fused-ring (bicyclic) bond motifs is 1. The number of unbranched alkanes of at least 4 members (excludes halogenated alkanes) is 3. The molecule has 1 saturated heterocycles. The number of benzene rings is 3. The smallest absolute Gasteiger partial charge is 0.245 e. The number of aromatic nitrogens is 7. The summed E-state index contributed by atoms with van der Waals surface area (Å²) in [5, 5.41) is 63.2. The standard InChI is InChI=1S/C75H108ClN23O12/c1-7-80-62(102)42-84-70(110)61-24-17-35-99(61)71(111)55(23-12-13-32-81-45(4)5)88-65(105)56(36-44(2)3)89-64(104)54(22-11-15-34-83-75-94-73(78)96-98-75)86-63(103)53(21-10-14-33-82-74-93-72(77)95-97-74)87-69(109)60(43-100)92-68(108)59(40-49-18-16-31-79-41-49)91-67(107)58(38-47-26-29-52(76)30-27-47)90-66(106)57(85-46(6)101)39-48-25-28-50-19-8-9-20-51(50)37-48/h8-9,16,18-20,25-31,37,41,44-45,53-61,81,100H,7,10-15,17,21-24,32-36,38-40,42-43H2,1-6H3,(H,80,102)(H,84,110)(H,85,101)(H,86,103)(H,87,109)(H,88,105)(H,89,104)(H,90,106)(H,91,107)(H,92,108)(H4,77,82,93,95,97)(H4,78,83,94,96,98)/t53-,54-,55-,56-,57+,58-,59+,60-,61+/m0/s1. The number of carbonyl (C=O) groups excluding carboxylic acids is 11. The quantitative estimate of drug-likeness (QED) is 0.0239. The molecule has 0 bridgehead atoms. The average Bonchev–Trinajstić information content (AvgIpc) is 1.80. The van der Waals surface area contributed by atoms with Crippen LogP contribution in [0.5, 0.6) is 0 Å². The number of aliphatic hydroxyl groups excluding tert-OH is 1. The number of anilines is 4. The summed E-state index contributed by atoms with van der Waals surface area (Å²) in [6.07, 6.45) is 5.91. The molecule has 9 atom stereocenters. The van der Waals surface area contributed by atoms with Crippen LogP contribution in [0.2, 0.25) is 5.02 Å². The molecule has 7 rings (SSSR count). The second kappa shape index (κ2) is 45.2. The van der Waals surface area contributed by atoms with E-state index in [9.17, 15) is 48.3 Å². The van der Waals surface area contributed by atoms with Crippen molar-refractivity contribution in [2.75, 3.05) is 68.0 Å². The van der Waals surface area contributed by atoms with Crippen LogP contribution in [0, 0.1) is 5.92 Å². The van der Waals surface area contributed by atoms with Gasteiger partial charge >= 0.3 is 0 Å². The fourth-order valence-electron chi connectivity index (χ4n) is 12.6. The number of hydrogen-bond acceptors (Lipinski definition) is 22.